The normalized spacial score (nSPS) is 21.3. The smallest absolute Gasteiger partial charge is 0.237 e. The highest BCUT2D eigenvalue weighted by Gasteiger charge is 2.25. The van der Waals surface area contributed by atoms with Crippen LogP contribution < -0.4 is 0 Å². The van der Waals surface area contributed by atoms with Gasteiger partial charge in [0.1, 0.15) is 0 Å². The van der Waals surface area contributed by atoms with E-state index < -0.39 is 10.0 Å². The molecule has 1 saturated heterocycles. The molecule has 1 fully saturated rings. The van der Waals surface area contributed by atoms with E-state index in [9.17, 15) is 13.2 Å². The molecule has 1 aliphatic rings. The summed E-state index contributed by atoms with van der Waals surface area (Å²) in [7, 11) is -3.29. The molecule has 0 aromatic rings. The Labute approximate surface area is 110 Å². The molecule has 1 aliphatic heterocycles. The first-order valence-electron chi connectivity index (χ1n) is 6.57. The molecule has 0 N–H and O–H groups in total. The monoisotopic (exact) mass is 276 g/mol. The fourth-order valence-electron chi connectivity index (χ4n) is 2.28. The van der Waals surface area contributed by atoms with Crippen molar-refractivity contribution in [2.24, 2.45) is 5.92 Å². The van der Waals surface area contributed by atoms with Gasteiger partial charge in [-0.2, -0.15) is 4.31 Å². The lowest BCUT2D eigenvalue weighted by atomic mass is 10.0. The van der Waals surface area contributed by atoms with Crippen molar-refractivity contribution in [1.29, 1.82) is 0 Å². The van der Waals surface area contributed by atoms with Gasteiger partial charge in [0.05, 0.1) is 12.8 Å². The third kappa shape index (κ3) is 4.57. The Kier molecular flexibility index (Phi) is 5.59. The molecule has 0 aromatic carbocycles. The van der Waals surface area contributed by atoms with Crippen LogP contribution in [0.5, 0.6) is 0 Å². The number of rotatable bonds is 5. The highest BCUT2D eigenvalue weighted by molar-refractivity contribution is 7.88. The minimum Gasteiger partial charge on any atom is -0.341 e. The number of nitrogens with zero attached hydrogens (tertiary/aromatic N) is 2. The maximum absolute atomic E-state index is 12.1. The third-order valence-electron chi connectivity index (χ3n) is 3.26. The summed E-state index contributed by atoms with van der Waals surface area (Å²) in [5, 5.41) is 0. The lowest BCUT2D eigenvalue weighted by Gasteiger charge is -2.32. The SMILES string of the molecule is CCCN(CC(=O)N1CCCC(C)C1)S(C)(=O)=O. The molecule has 1 amide bonds. The number of amides is 1. The van der Waals surface area contributed by atoms with Gasteiger partial charge in [-0.1, -0.05) is 13.8 Å². The van der Waals surface area contributed by atoms with Gasteiger partial charge in [0.15, 0.2) is 0 Å². The Balaban J connectivity index is 2.61. The topological polar surface area (TPSA) is 57.7 Å². The standard InChI is InChI=1S/C12H24N2O3S/c1-4-7-14(18(3,16)17)10-12(15)13-8-5-6-11(2)9-13/h11H,4-10H2,1-3H3. The van der Waals surface area contributed by atoms with E-state index in [0.29, 0.717) is 12.5 Å². The molecule has 0 aromatic heterocycles. The minimum absolute atomic E-state index is 0.0145. The van der Waals surface area contributed by atoms with Crippen LogP contribution in [0.4, 0.5) is 0 Å². The van der Waals surface area contributed by atoms with Crippen LogP contribution in [0.25, 0.3) is 0 Å². The Morgan fingerprint density at radius 3 is 2.61 bits per heavy atom. The summed E-state index contributed by atoms with van der Waals surface area (Å²) in [5.74, 6) is 0.445. The molecule has 0 bridgehead atoms. The van der Waals surface area contributed by atoms with Crippen LogP contribution in [-0.4, -0.2) is 56.0 Å². The largest absolute Gasteiger partial charge is 0.341 e. The van der Waals surface area contributed by atoms with E-state index in [2.05, 4.69) is 6.92 Å². The van der Waals surface area contributed by atoms with Gasteiger partial charge in [-0.05, 0) is 25.2 Å². The summed E-state index contributed by atoms with van der Waals surface area (Å²) < 4.78 is 24.4. The summed E-state index contributed by atoms with van der Waals surface area (Å²) in [6.07, 6.45) is 4.04. The minimum atomic E-state index is -3.29. The molecule has 1 rings (SSSR count). The van der Waals surface area contributed by atoms with E-state index in [4.69, 9.17) is 0 Å². The van der Waals surface area contributed by atoms with Crippen LogP contribution in [0.2, 0.25) is 0 Å². The summed E-state index contributed by atoms with van der Waals surface area (Å²) >= 11 is 0. The molecule has 0 radical (unpaired) electrons. The summed E-state index contributed by atoms with van der Waals surface area (Å²) in [6, 6.07) is 0. The van der Waals surface area contributed by atoms with Crippen LogP contribution >= 0.6 is 0 Å². The van der Waals surface area contributed by atoms with Crippen molar-refractivity contribution in [2.75, 3.05) is 32.4 Å². The molecule has 5 nitrogen and oxygen atoms in total. The lowest BCUT2D eigenvalue weighted by Crippen LogP contribution is -2.46. The second kappa shape index (κ2) is 6.52. The predicted molar refractivity (Wildman–Crippen MR) is 71.7 cm³/mol. The van der Waals surface area contributed by atoms with Crippen LogP contribution in [0.3, 0.4) is 0 Å². The molecule has 1 unspecified atom stereocenters. The van der Waals surface area contributed by atoms with Gasteiger partial charge >= 0.3 is 0 Å². The fraction of sp³-hybridized carbons (Fsp3) is 0.917. The number of sulfonamides is 1. The van der Waals surface area contributed by atoms with Crippen LogP contribution in [-0.2, 0) is 14.8 Å². The lowest BCUT2D eigenvalue weighted by molar-refractivity contribution is -0.133. The Bertz CT molecular complexity index is 381. The van der Waals surface area contributed by atoms with Gasteiger partial charge in [0.2, 0.25) is 15.9 Å². The zero-order valence-electron chi connectivity index (χ0n) is 11.6. The van der Waals surface area contributed by atoms with E-state index in [1.165, 1.54) is 4.31 Å². The number of hydrogen-bond donors (Lipinski definition) is 0. The molecule has 0 spiro atoms. The first-order valence-corrected chi connectivity index (χ1v) is 8.42. The zero-order chi connectivity index (χ0) is 13.8. The van der Waals surface area contributed by atoms with Crippen molar-refractivity contribution in [3.05, 3.63) is 0 Å². The number of hydrogen-bond acceptors (Lipinski definition) is 3. The van der Waals surface area contributed by atoms with Crippen molar-refractivity contribution in [2.45, 2.75) is 33.1 Å². The maximum atomic E-state index is 12.1. The first kappa shape index (κ1) is 15.4. The Morgan fingerprint density at radius 1 is 1.44 bits per heavy atom. The summed E-state index contributed by atoms with van der Waals surface area (Å²) in [5.41, 5.74) is 0. The molecule has 1 heterocycles. The maximum Gasteiger partial charge on any atom is 0.237 e. The molecule has 106 valence electrons. The highest BCUT2D eigenvalue weighted by atomic mass is 32.2. The number of carbonyl (C=O) groups is 1. The second-order valence-electron chi connectivity index (χ2n) is 5.18. The Morgan fingerprint density at radius 2 is 2.11 bits per heavy atom. The molecule has 18 heavy (non-hydrogen) atoms. The quantitative estimate of drug-likeness (QED) is 0.750. The van der Waals surface area contributed by atoms with Crippen molar-refractivity contribution in [3.8, 4) is 0 Å². The molecule has 6 heteroatoms. The van der Waals surface area contributed by atoms with Gasteiger partial charge in [0, 0.05) is 19.6 Å². The van der Waals surface area contributed by atoms with Gasteiger partial charge < -0.3 is 4.90 Å². The van der Waals surface area contributed by atoms with E-state index in [1.54, 1.807) is 4.90 Å². The van der Waals surface area contributed by atoms with Crippen molar-refractivity contribution >= 4 is 15.9 Å². The van der Waals surface area contributed by atoms with Crippen LogP contribution in [0.1, 0.15) is 33.1 Å². The van der Waals surface area contributed by atoms with Crippen LogP contribution in [0.15, 0.2) is 0 Å². The fourth-order valence-corrected chi connectivity index (χ4v) is 3.14. The van der Waals surface area contributed by atoms with E-state index in [0.717, 1.165) is 38.6 Å². The first-order chi connectivity index (χ1) is 8.34. The molecular formula is C12H24N2O3S. The van der Waals surface area contributed by atoms with E-state index in [-0.39, 0.29) is 12.5 Å². The Hall–Kier alpha value is -0.620. The molecular weight excluding hydrogens is 252 g/mol. The van der Waals surface area contributed by atoms with Crippen molar-refractivity contribution in [3.63, 3.8) is 0 Å². The highest BCUT2D eigenvalue weighted by Crippen LogP contribution is 2.16. The third-order valence-corrected chi connectivity index (χ3v) is 4.51. The van der Waals surface area contributed by atoms with Gasteiger partial charge in [-0.25, -0.2) is 8.42 Å². The zero-order valence-corrected chi connectivity index (χ0v) is 12.4. The van der Waals surface area contributed by atoms with Gasteiger partial charge in [0.25, 0.3) is 0 Å². The van der Waals surface area contributed by atoms with Crippen molar-refractivity contribution in [1.82, 2.24) is 9.21 Å². The number of carbonyl (C=O) groups excluding carboxylic acids is 1. The van der Waals surface area contributed by atoms with Gasteiger partial charge in [-0.3, -0.25) is 4.79 Å². The summed E-state index contributed by atoms with van der Waals surface area (Å²) in [4.78, 5) is 13.9. The average molecular weight is 276 g/mol. The number of likely N-dealkylation sites (tertiary alicyclic amines) is 1. The average Bonchev–Trinajstić information content (AvgIpc) is 2.27. The van der Waals surface area contributed by atoms with Gasteiger partial charge in [-0.15, -0.1) is 0 Å². The van der Waals surface area contributed by atoms with Crippen molar-refractivity contribution < 1.29 is 13.2 Å². The van der Waals surface area contributed by atoms with Crippen LogP contribution in [0, 0.1) is 5.92 Å². The van der Waals surface area contributed by atoms with E-state index >= 15 is 0 Å². The molecule has 1 atom stereocenters. The summed E-state index contributed by atoms with van der Waals surface area (Å²) in [6.45, 7) is 5.94. The second-order valence-corrected chi connectivity index (χ2v) is 7.17. The van der Waals surface area contributed by atoms with E-state index in [1.807, 2.05) is 6.92 Å². The molecule has 0 aliphatic carbocycles. The molecule has 0 saturated carbocycles. The number of piperidine rings is 1. The predicted octanol–water partition coefficient (Wildman–Crippen LogP) is 0.917.